The van der Waals surface area contributed by atoms with Crippen LogP contribution in [0, 0.1) is 11.3 Å². The minimum atomic E-state index is -0.552. The lowest BCUT2D eigenvalue weighted by molar-refractivity contribution is -0.133. The zero-order chi connectivity index (χ0) is 20.0. The number of amides is 1. The Hall–Kier alpha value is -2.13. The number of hydrogen-bond donors (Lipinski definition) is 1. The van der Waals surface area contributed by atoms with Crippen LogP contribution in [0.25, 0.3) is 11.1 Å². The first-order valence-electron chi connectivity index (χ1n) is 10.9. The van der Waals surface area contributed by atoms with Gasteiger partial charge in [-0.25, -0.2) is 0 Å². The summed E-state index contributed by atoms with van der Waals surface area (Å²) in [6.07, 6.45) is 8.38. The zero-order valence-electron chi connectivity index (χ0n) is 16.7. The summed E-state index contributed by atoms with van der Waals surface area (Å²) in [7, 11) is 0. The maximum Gasteiger partial charge on any atom is 0.239 e. The van der Waals surface area contributed by atoms with Crippen LogP contribution in [0.3, 0.4) is 0 Å². The van der Waals surface area contributed by atoms with Crippen molar-refractivity contribution in [2.75, 3.05) is 0 Å². The van der Waals surface area contributed by atoms with Crippen LogP contribution in [-0.4, -0.2) is 22.7 Å². The van der Waals surface area contributed by atoms with E-state index in [1.807, 2.05) is 23.1 Å². The van der Waals surface area contributed by atoms with Crippen molar-refractivity contribution in [2.45, 2.75) is 62.8 Å². The van der Waals surface area contributed by atoms with Gasteiger partial charge in [0.25, 0.3) is 0 Å². The molecule has 2 aromatic carbocycles. The van der Waals surface area contributed by atoms with E-state index in [-0.39, 0.29) is 11.9 Å². The minimum Gasteiger partial charge on any atom is -0.297 e. The molecule has 1 amide bonds. The first kappa shape index (κ1) is 18.9. The van der Waals surface area contributed by atoms with Gasteiger partial charge in [0.1, 0.15) is 5.84 Å². The standard InChI is InChI=1S/C25H27ClN2O/c26-21-9-5-7-18(15-21)17-6-4-8-20(14-17)25(19-12-13-19)16-23(27)28(24(25)29)22-10-2-1-3-11-22/h4-9,14-15,19,22,27H,1-3,10-13,16H2. The average Bonchev–Trinajstić information content (AvgIpc) is 3.55. The molecule has 1 aliphatic heterocycles. The van der Waals surface area contributed by atoms with Gasteiger partial charge in [-0.15, -0.1) is 0 Å². The summed E-state index contributed by atoms with van der Waals surface area (Å²) < 4.78 is 0. The second-order valence-corrected chi connectivity index (χ2v) is 9.36. The van der Waals surface area contributed by atoms with Crippen LogP contribution in [-0.2, 0) is 10.2 Å². The number of nitrogens with one attached hydrogen (secondary N) is 1. The highest BCUT2D eigenvalue weighted by atomic mass is 35.5. The third-order valence-electron chi connectivity index (χ3n) is 7.09. The molecule has 4 heteroatoms. The highest BCUT2D eigenvalue weighted by molar-refractivity contribution is 6.30. The Kier molecular flexibility index (Phi) is 4.74. The normalized spacial score (nSPS) is 25.6. The molecule has 3 nitrogen and oxygen atoms in total. The molecule has 3 aliphatic rings. The quantitative estimate of drug-likeness (QED) is 0.645. The number of likely N-dealkylation sites (tertiary alicyclic amines) is 1. The van der Waals surface area contributed by atoms with E-state index >= 15 is 0 Å². The Labute approximate surface area is 177 Å². The first-order chi connectivity index (χ1) is 14.1. The number of amidine groups is 1. The van der Waals surface area contributed by atoms with E-state index in [2.05, 4.69) is 30.3 Å². The molecule has 0 bridgehead atoms. The van der Waals surface area contributed by atoms with E-state index in [4.69, 9.17) is 17.0 Å². The third-order valence-corrected chi connectivity index (χ3v) is 7.32. The van der Waals surface area contributed by atoms with Crippen molar-refractivity contribution in [2.24, 2.45) is 5.92 Å². The molecule has 2 saturated carbocycles. The maximum atomic E-state index is 13.9. The second-order valence-electron chi connectivity index (χ2n) is 8.93. The molecular weight excluding hydrogens is 380 g/mol. The number of carbonyl (C=O) groups is 1. The lowest BCUT2D eigenvalue weighted by atomic mass is 9.73. The molecule has 3 fully saturated rings. The van der Waals surface area contributed by atoms with Crippen LogP contribution < -0.4 is 0 Å². The lowest BCUT2D eigenvalue weighted by Gasteiger charge is -2.33. The van der Waals surface area contributed by atoms with Gasteiger partial charge in [0, 0.05) is 17.5 Å². The van der Waals surface area contributed by atoms with Gasteiger partial charge in [-0.2, -0.15) is 0 Å². The highest BCUT2D eigenvalue weighted by Gasteiger charge is 2.59. The molecule has 0 radical (unpaired) electrons. The largest absolute Gasteiger partial charge is 0.297 e. The van der Waals surface area contributed by atoms with Gasteiger partial charge < -0.3 is 0 Å². The van der Waals surface area contributed by atoms with Crippen molar-refractivity contribution >= 4 is 23.3 Å². The van der Waals surface area contributed by atoms with Crippen molar-refractivity contribution in [1.82, 2.24) is 4.90 Å². The van der Waals surface area contributed by atoms with Crippen LogP contribution in [0.2, 0.25) is 5.02 Å². The predicted octanol–water partition coefficient (Wildman–Crippen LogP) is 6.20. The van der Waals surface area contributed by atoms with Gasteiger partial charge in [-0.3, -0.25) is 15.1 Å². The number of carbonyl (C=O) groups excluding carboxylic acids is 1. The summed E-state index contributed by atoms with van der Waals surface area (Å²) in [5, 5.41) is 9.45. The summed E-state index contributed by atoms with van der Waals surface area (Å²) in [6.45, 7) is 0. The van der Waals surface area contributed by atoms with Crippen LogP contribution in [0.1, 0.15) is 56.9 Å². The number of halogens is 1. The predicted molar refractivity (Wildman–Crippen MR) is 117 cm³/mol. The number of nitrogens with zero attached hydrogens (tertiary/aromatic N) is 1. The molecule has 1 atom stereocenters. The molecule has 2 aliphatic carbocycles. The van der Waals surface area contributed by atoms with Gasteiger partial charge in [-0.1, -0.05) is 67.3 Å². The Balaban J connectivity index is 1.55. The number of rotatable bonds is 4. The Bertz CT molecular complexity index is 961. The molecule has 0 aromatic heterocycles. The summed E-state index contributed by atoms with van der Waals surface area (Å²) in [4.78, 5) is 15.8. The molecule has 1 saturated heterocycles. The van der Waals surface area contributed by atoms with Crippen LogP contribution in [0.15, 0.2) is 48.5 Å². The molecule has 0 spiro atoms. The van der Waals surface area contributed by atoms with Crippen molar-refractivity contribution < 1.29 is 4.79 Å². The average molecular weight is 407 g/mol. The maximum absolute atomic E-state index is 13.9. The fourth-order valence-corrected chi connectivity index (χ4v) is 5.68. The summed E-state index contributed by atoms with van der Waals surface area (Å²) in [5.74, 6) is 1.07. The molecule has 150 valence electrons. The van der Waals surface area contributed by atoms with Crippen molar-refractivity contribution in [3.05, 3.63) is 59.1 Å². The molecule has 29 heavy (non-hydrogen) atoms. The topological polar surface area (TPSA) is 44.2 Å². The van der Waals surface area contributed by atoms with E-state index in [9.17, 15) is 4.79 Å². The van der Waals surface area contributed by atoms with Crippen LogP contribution >= 0.6 is 11.6 Å². The smallest absolute Gasteiger partial charge is 0.239 e. The SMILES string of the molecule is N=C1CC(c2cccc(-c3cccc(Cl)c3)c2)(C2CC2)C(=O)N1C1CCCCC1. The molecule has 2 aromatic rings. The van der Waals surface area contributed by atoms with E-state index in [0.29, 0.717) is 23.2 Å². The second kappa shape index (κ2) is 7.28. The van der Waals surface area contributed by atoms with Gasteiger partial charge in [0.2, 0.25) is 5.91 Å². The van der Waals surface area contributed by atoms with Gasteiger partial charge >= 0.3 is 0 Å². The van der Waals surface area contributed by atoms with E-state index < -0.39 is 5.41 Å². The number of benzene rings is 2. The monoisotopic (exact) mass is 406 g/mol. The highest BCUT2D eigenvalue weighted by Crippen LogP contribution is 2.54. The summed E-state index contributed by atoms with van der Waals surface area (Å²) in [6, 6.07) is 16.5. The third kappa shape index (κ3) is 3.20. The molecular formula is C25H27ClN2O. The van der Waals surface area contributed by atoms with Gasteiger partial charge in [0.05, 0.1) is 5.41 Å². The minimum absolute atomic E-state index is 0.181. The Morgan fingerprint density at radius 2 is 1.62 bits per heavy atom. The Morgan fingerprint density at radius 1 is 0.931 bits per heavy atom. The van der Waals surface area contributed by atoms with Crippen LogP contribution in [0.4, 0.5) is 0 Å². The molecule has 1 unspecified atom stereocenters. The van der Waals surface area contributed by atoms with Crippen molar-refractivity contribution in [3.63, 3.8) is 0 Å². The van der Waals surface area contributed by atoms with Crippen LogP contribution in [0.5, 0.6) is 0 Å². The summed E-state index contributed by atoms with van der Waals surface area (Å²) >= 11 is 6.21. The van der Waals surface area contributed by atoms with Crippen molar-refractivity contribution in [1.29, 1.82) is 5.41 Å². The fourth-order valence-electron chi connectivity index (χ4n) is 5.49. The Morgan fingerprint density at radius 3 is 2.31 bits per heavy atom. The lowest BCUT2D eigenvalue weighted by Crippen LogP contribution is -2.45. The fraction of sp³-hybridized carbons (Fsp3) is 0.440. The molecule has 5 rings (SSSR count). The summed E-state index contributed by atoms with van der Waals surface area (Å²) in [5.41, 5.74) is 2.67. The molecule has 1 N–H and O–H groups in total. The van der Waals surface area contributed by atoms with E-state index in [1.165, 1.54) is 19.3 Å². The number of hydrogen-bond acceptors (Lipinski definition) is 2. The van der Waals surface area contributed by atoms with Gasteiger partial charge in [0.15, 0.2) is 0 Å². The van der Waals surface area contributed by atoms with E-state index in [0.717, 1.165) is 42.4 Å². The first-order valence-corrected chi connectivity index (χ1v) is 11.2. The van der Waals surface area contributed by atoms with Gasteiger partial charge in [-0.05, 0) is 60.4 Å². The van der Waals surface area contributed by atoms with E-state index in [1.54, 1.807) is 0 Å². The molecule has 1 heterocycles. The van der Waals surface area contributed by atoms with Crippen molar-refractivity contribution in [3.8, 4) is 11.1 Å². The zero-order valence-corrected chi connectivity index (χ0v) is 17.4.